The van der Waals surface area contributed by atoms with E-state index in [0.717, 1.165) is 6.20 Å². The van der Waals surface area contributed by atoms with Crippen LogP contribution in [-0.4, -0.2) is 4.92 Å². The lowest BCUT2D eigenvalue weighted by Crippen LogP contribution is -1.78. The zero-order valence-corrected chi connectivity index (χ0v) is 4.95. The fourth-order valence-electron chi connectivity index (χ4n) is 0.0460. The van der Waals surface area contributed by atoms with Gasteiger partial charge in [0, 0.05) is 4.08 Å². The van der Waals surface area contributed by atoms with Crippen molar-refractivity contribution in [2.45, 2.75) is 0 Å². The lowest BCUT2D eigenvalue weighted by atomic mass is 11.1. The van der Waals surface area contributed by atoms with Crippen molar-refractivity contribution in [3.63, 3.8) is 0 Å². The molecule has 0 heterocycles. The summed E-state index contributed by atoms with van der Waals surface area (Å²) in [7, 11) is 0. The van der Waals surface area contributed by atoms with Crippen molar-refractivity contribution in [1.82, 2.24) is 0 Å². The molecule has 4 heteroatoms. The summed E-state index contributed by atoms with van der Waals surface area (Å²) >= 11 is 1.78. The highest BCUT2D eigenvalue weighted by Gasteiger charge is 1.75. The van der Waals surface area contributed by atoms with Gasteiger partial charge < -0.3 is 0 Å². The van der Waals surface area contributed by atoms with E-state index in [-0.39, 0.29) is 0 Å². The standard InChI is InChI=1S/C2H2INO2/c3-1-2-4(5)6/h1-2H. The summed E-state index contributed by atoms with van der Waals surface area (Å²) in [5, 5.41) is 9.31. The van der Waals surface area contributed by atoms with Gasteiger partial charge in [0.25, 0.3) is 0 Å². The van der Waals surface area contributed by atoms with Gasteiger partial charge in [-0.25, -0.2) is 0 Å². The first kappa shape index (κ1) is 5.87. The second kappa shape index (κ2) is 3.08. The van der Waals surface area contributed by atoms with Crippen LogP contribution in [0.5, 0.6) is 0 Å². The van der Waals surface area contributed by atoms with Gasteiger partial charge in [0.05, 0.1) is 4.92 Å². The molecule has 0 saturated heterocycles. The molecule has 0 aromatic heterocycles. The third-order valence-electron chi connectivity index (χ3n) is 0.178. The number of halogens is 1. The Bertz CT molecular complexity index is 79.6. The molecule has 0 amide bonds. The zero-order valence-electron chi connectivity index (χ0n) is 2.80. The van der Waals surface area contributed by atoms with Crippen molar-refractivity contribution >= 4 is 22.6 Å². The molecule has 6 heavy (non-hydrogen) atoms. The van der Waals surface area contributed by atoms with Crippen molar-refractivity contribution in [3.05, 3.63) is 20.4 Å². The van der Waals surface area contributed by atoms with Gasteiger partial charge in [0.2, 0.25) is 6.20 Å². The van der Waals surface area contributed by atoms with Crippen molar-refractivity contribution in [2.75, 3.05) is 0 Å². The number of rotatable bonds is 1. The first-order valence-electron chi connectivity index (χ1n) is 1.17. The molecule has 0 aliphatic carbocycles. The highest BCUT2D eigenvalue weighted by Crippen LogP contribution is 1.81. The monoisotopic (exact) mass is 199 g/mol. The average molecular weight is 199 g/mol. The Morgan fingerprint density at radius 3 is 2.33 bits per heavy atom. The summed E-state index contributed by atoms with van der Waals surface area (Å²) in [5.41, 5.74) is 0. The van der Waals surface area contributed by atoms with E-state index in [9.17, 15) is 10.1 Å². The maximum atomic E-state index is 9.31. The fraction of sp³-hybridized carbons (Fsp3) is 0. The van der Waals surface area contributed by atoms with Gasteiger partial charge in [-0.2, -0.15) is 0 Å². The molecule has 0 aromatic rings. The van der Waals surface area contributed by atoms with Gasteiger partial charge in [-0.05, 0) is 22.6 Å². The van der Waals surface area contributed by atoms with E-state index in [2.05, 4.69) is 0 Å². The summed E-state index contributed by atoms with van der Waals surface area (Å²) in [6.07, 6.45) is 0.876. The molecule has 0 radical (unpaired) electrons. The molecule has 0 rings (SSSR count). The van der Waals surface area contributed by atoms with E-state index in [1.807, 2.05) is 0 Å². The Hall–Kier alpha value is -0.130. The lowest BCUT2D eigenvalue weighted by molar-refractivity contribution is -0.401. The maximum absolute atomic E-state index is 9.31. The molecule has 0 bridgehead atoms. The molecule has 34 valence electrons. The first-order chi connectivity index (χ1) is 2.77. The van der Waals surface area contributed by atoms with Crippen LogP contribution in [0.25, 0.3) is 0 Å². The number of hydrogen-bond donors (Lipinski definition) is 0. The lowest BCUT2D eigenvalue weighted by Gasteiger charge is -1.68. The van der Waals surface area contributed by atoms with Gasteiger partial charge in [-0.15, -0.1) is 0 Å². The van der Waals surface area contributed by atoms with Crippen LogP contribution in [0, 0.1) is 10.1 Å². The predicted octanol–water partition coefficient (Wildman–Crippen LogP) is 1.17. The van der Waals surface area contributed by atoms with Gasteiger partial charge in [0.15, 0.2) is 0 Å². The van der Waals surface area contributed by atoms with Crippen LogP contribution >= 0.6 is 22.6 Å². The van der Waals surface area contributed by atoms with Crippen molar-refractivity contribution < 1.29 is 4.92 Å². The Labute approximate surface area is 48.3 Å². The van der Waals surface area contributed by atoms with E-state index >= 15 is 0 Å². The summed E-state index contributed by atoms with van der Waals surface area (Å²) in [6, 6.07) is 0. The molecule has 0 aromatic carbocycles. The normalized spacial score (nSPS) is 9.50. The molecule has 0 spiro atoms. The van der Waals surface area contributed by atoms with E-state index in [0.29, 0.717) is 0 Å². The van der Waals surface area contributed by atoms with Gasteiger partial charge in [0.1, 0.15) is 0 Å². The quantitative estimate of drug-likeness (QED) is 0.361. The van der Waals surface area contributed by atoms with Gasteiger partial charge in [-0.1, -0.05) is 0 Å². The largest absolute Gasteiger partial charge is 0.259 e. The number of nitro groups is 1. The Kier molecular flexibility index (Phi) is 3.01. The molecule has 0 atom stereocenters. The minimum Gasteiger partial charge on any atom is -0.259 e. The van der Waals surface area contributed by atoms with Crippen LogP contribution in [0.3, 0.4) is 0 Å². The SMILES string of the molecule is O=[N+]([O-])C=CI. The smallest absolute Gasteiger partial charge is 0.240 e. The molecular formula is C2H2INO2. The molecule has 0 N–H and O–H groups in total. The van der Waals surface area contributed by atoms with Crippen molar-refractivity contribution in [1.29, 1.82) is 0 Å². The summed E-state index contributed by atoms with van der Waals surface area (Å²) < 4.78 is 1.34. The Morgan fingerprint density at radius 2 is 2.33 bits per heavy atom. The van der Waals surface area contributed by atoms with Crippen LogP contribution in [-0.2, 0) is 0 Å². The maximum Gasteiger partial charge on any atom is 0.240 e. The van der Waals surface area contributed by atoms with E-state index in [1.54, 1.807) is 22.6 Å². The fourth-order valence-corrected chi connectivity index (χ4v) is 0.309. The molecule has 0 unspecified atom stereocenters. The van der Waals surface area contributed by atoms with Crippen molar-refractivity contribution in [3.8, 4) is 0 Å². The predicted molar refractivity (Wildman–Crippen MR) is 30.2 cm³/mol. The molecule has 0 saturated carbocycles. The highest BCUT2D eigenvalue weighted by molar-refractivity contribution is 14.1. The Morgan fingerprint density at radius 1 is 1.83 bits per heavy atom. The third-order valence-corrected chi connectivity index (χ3v) is 0.500. The van der Waals surface area contributed by atoms with Crippen molar-refractivity contribution in [2.24, 2.45) is 0 Å². The van der Waals surface area contributed by atoms with Crippen LogP contribution in [0.1, 0.15) is 0 Å². The Balaban J connectivity index is 3.30. The molecule has 3 nitrogen and oxygen atoms in total. The van der Waals surface area contributed by atoms with E-state index in [1.165, 1.54) is 4.08 Å². The minimum absolute atomic E-state index is 0.507. The summed E-state index contributed by atoms with van der Waals surface area (Å²) in [6.45, 7) is 0. The van der Waals surface area contributed by atoms with Gasteiger partial charge in [-0.3, -0.25) is 10.1 Å². The minimum atomic E-state index is -0.507. The van der Waals surface area contributed by atoms with Crippen LogP contribution in [0.15, 0.2) is 10.3 Å². The molecule has 0 aliphatic rings. The first-order valence-corrected chi connectivity index (χ1v) is 2.42. The van der Waals surface area contributed by atoms with E-state index < -0.39 is 4.92 Å². The number of hydrogen-bond acceptors (Lipinski definition) is 2. The zero-order chi connectivity index (χ0) is 4.99. The second-order valence-electron chi connectivity index (χ2n) is 0.560. The number of nitrogens with zero attached hydrogens (tertiary/aromatic N) is 1. The third kappa shape index (κ3) is 3.87. The molecular weight excluding hydrogens is 197 g/mol. The topological polar surface area (TPSA) is 43.1 Å². The summed E-state index contributed by atoms with van der Waals surface area (Å²) in [4.78, 5) is 8.81. The summed E-state index contributed by atoms with van der Waals surface area (Å²) in [5.74, 6) is 0. The molecule has 0 fully saturated rings. The second-order valence-corrected chi connectivity index (χ2v) is 1.28. The van der Waals surface area contributed by atoms with Crippen LogP contribution in [0.2, 0.25) is 0 Å². The molecule has 0 aliphatic heterocycles. The van der Waals surface area contributed by atoms with Crippen LogP contribution in [0.4, 0.5) is 0 Å². The highest BCUT2D eigenvalue weighted by atomic mass is 127. The van der Waals surface area contributed by atoms with Crippen LogP contribution < -0.4 is 0 Å². The average Bonchev–Trinajstić information content (AvgIpc) is 1.35. The van der Waals surface area contributed by atoms with Gasteiger partial charge >= 0.3 is 0 Å². The van der Waals surface area contributed by atoms with E-state index in [4.69, 9.17) is 0 Å².